The van der Waals surface area contributed by atoms with E-state index in [2.05, 4.69) is 36.0 Å². The van der Waals surface area contributed by atoms with E-state index >= 15 is 0 Å². The molecule has 1 aliphatic rings. The van der Waals surface area contributed by atoms with Crippen LogP contribution in [0.1, 0.15) is 43.9 Å². The maximum absolute atomic E-state index is 5.78. The zero-order valence-corrected chi connectivity index (χ0v) is 11.7. The molecule has 2 nitrogen and oxygen atoms in total. The summed E-state index contributed by atoms with van der Waals surface area (Å²) in [6, 6.07) is 0.434. The highest BCUT2D eigenvalue weighted by molar-refractivity contribution is 7.09. The summed E-state index contributed by atoms with van der Waals surface area (Å²) in [4.78, 5) is 7.09. The van der Waals surface area contributed by atoms with E-state index in [1.54, 1.807) is 11.3 Å². The van der Waals surface area contributed by atoms with Gasteiger partial charge in [-0.25, -0.2) is 4.98 Å². The summed E-state index contributed by atoms with van der Waals surface area (Å²) >= 11 is 7.51. The van der Waals surface area contributed by atoms with Crippen LogP contribution in [0.5, 0.6) is 0 Å². The smallest absolute Gasteiger partial charge is 0.110 e. The van der Waals surface area contributed by atoms with Crippen LogP contribution in [0.15, 0.2) is 5.38 Å². The van der Waals surface area contributed by atoms with Gasteiger partial charge in [0.25, 0.3) is 0 Å². The molecule has 2 heterocycles. The molecular formula is C12H19ClN2S. The monoisotopic (exact) mass is 258 g/mol. The number of aromatic nitrogens is 1. The van der Waals surface area contributed by atoms with E-state index in [0.717, 1.165) is 5.69 Å². The predicted molar refractivity (Wildman–Crippen MR) is 70.1 cm³/mol. The van der Waals surface area contributed by atoms with Crippen LogP contribution in [0.2, 0.25) is 0 Å². The van der Waals surface area contributed by atoms with E-state index < -0.39 is 0 Å². The van der Waals surface area contributed by atoms with Gasteiger partial charge in [0.15, 0.2) is 0 Å². The summed E-state index contributed by atoms with van der Waals surface area (Å²) < 4.78 is 0. The molecule has 0 spiro atoms. The third kappa shape index (κ3) is 2.58. The van der Waals surface area contributed by atoms with Gasteiger partial charge in [-0.3, -0.25) is 4.90 Å². The first kappa shape index (κ1) is 12.3. The molecule has 1 aliphatic heterocycles. The molecule has 4 heteroatoms. The highest BCUT2D eigenvalue weighted by atomic mass is 35.5. The first-order chi connectivity index (χ1) is 7.52. The van der Waals surface area contributed by atoms with Crippen molar-refractivity contribution in [1.82, 2.24) is 9.88 Å². The Bertz CT molecular complexity index is 362. The third-order valence-corrected chi connectivity index (χ3v) is 4.66. The topological polar surface area (TPSA) is 16.1 Å². The maximum atomic E-state index is 5.78. The minimum Gasteiger partial charge on any atom is -0.294 e. The molecule has 16 heavy (non-hydrogen) atoms. The van der Waals surface area contributed by atoms with E-state index in [9.17, 15) is 0 Å². The highest BCUT2D eigenvalue weighted by Crippen LogP contribution is 2.35. The number of hydrogen-bond donors (Lipinski definition) is 0. The number of rotatable bonds is 3. The Labute approximate surface area is 107 Å². The first-order valence-corrected chi connectivity index (χ1v) is 7.17. The minimum absolute atomic E-state index is 0.434. The van der Waals surface area contributed by atoms with E-state index in [1.165, 1.54) is 24.5 Å². The highest BCUT2D eigenvalue weighted by Gasteiger charge is 2.32. The molecule has 1 aromatic rings. The molecule has 0 N–H and O–H groups in total. The van der Waals surface area contributed by atoms with Crippen molar-refractivity contribution in [2.75, 3.05) is 13.1 Å². The van der Waals surface area contributed by atoms with Crippen LogP contribution in [0, 0.1) is 5.41 Å². The number of alkyl halides is 1. The number of likely N-dealkylation sites (tertiary alicyclic amines) is 1. The largest absolute Gasteiger partial charge is 0.294 e. The minimum atomic E-state index is 0.434. The Hall–Kier alpha value is -0.120. The van der Waals surface area contributed by atoms with Gasteiger partial charge in [-0.1, -0.05) is 13.8 Å². The van der Waals surface area contributed by atoms with Crippen LogP contribution < -0.4 is 0 Å². The van der Waals surface area contributed by atoms with E-state index in [4.69, 9.17) is 11.6 Å². The second kappa shape index (κ2) is 4.63. The molecule has 90 valence electrons. The second-order valence-corrected chi connectivity index (χ2v) is 6.53. The average Bonchev–Trinajstić information content (AvgIpc) is 2.83. The third-order valence-electron chi connectivity index (χ3n) is 3.32. The van der Waals surface area contributed by atoms with Gasteiger partial charge < -0.3 is 0 Å². The van der Waals surface area contributed by atoms with Crippen molar-refractivity contribution in [1.29, 1.82) is 0 Å². The maximum Gasteiger partial charge on any atom is 0.110 e. The lowest BCUT2D eigenvalue weighted by Gasteiger charge is -2.24. The lowest BCUT2D eigenvalue weighted by molar-refractivity contribution is 0.232. The molecule has 1 saturated heterocycles. The molecule has 0 bridgehead atoms. The Morgan fingerprint density at radius 3 is 2.88 bits per heavy atom. The van der Waals surface area contributed by atoms with Gasteiger partial charge in [0.2, 0.25) is 0 Å². The van der Waals surface area contributed by atoms with Gasteiger partial charge in [0.1, 0.15) is 5.01 Å². The second-order valence-electron chi connectivity index (χ2n) is 5.37. The first-order valence-electron chi connectivity index (χ1n) is 5.76. The Morgan fingerprint density at radius 1 is 1.62 bits per heavy atom. The number of thiazole rings is 1. The predicted octanol–water partition coefficient (Wildman–Crippen LogP) is 3.67. The van der Waals surface area contributed by atoms with Crippen LogP contribution in [0.4, 0.5) is 0 Å². The summed E-state index contributed by atoms with van der Waals surface area (Å²) in [6.07, 6.45) is 1.28. The fourth-order valence-corrected chi connectivity index (χ4v) is 3.35. The summed E-state index contributed by atoms with van der Waals surface area (Å²) in [5.74, 6) is 0.523. The standard InChI is InChI=1S/C12H19ClN2S/c1-9(11-14-10(6-13)7-16-11)15-5-4-12(2,3)8-15/h7,9H,4-6,8H2,1-3H3. The summed E-state index contributed by atoms with van der Waals surface area (Å²) in [6.45, 7) is 9.28. The molecule has 0 saturated carbocycles. The van der Waals surface area contributed by atoms with Crippen molar-refractivity contribution in [3.63, 3.8) is 0 Å². The lowest BCUT2D eigenvalue weighted by atomic mass is 9.93. The fourth-order valence-electron chi connectivity index (χ4n) is 2.22. The SMILES string of the molecule is CC(c1nc(CCl)cs1)N1CCC(C)(C)C1. The van der Waals surface area contributed by atoms with Crippen LogP contribution in [0.3, 0.4) is 0 Å². The normalized spacial score (nSPS) is 22.5. The fraction of sp³-hybridized carbons (Fsp3) is 0.750. The molecule has 2 rings (SSSR count). The van der Waals surface area contributed by atoms with Crippen LogP contribution in [-0.2, 0) is 5.88 Å². The van der Waals surface area contributed by atoms with Crippen LogP contribution in [0.25, 0.3) is 0 Å². The van der Waals surface area contributed by atoms with Crippen molar-refractivity contribution in [2.45, 2.75) is 39.1 Å². The van der Waals surface area contributed by atoms with Crippen molar-refractivity contribution < 1.29 is 0 Å². The molecule has 1 unspecified atom stereocenters. The van der Waals surface area contributed by atoms with Gasteiger partial charge in [0.05, 0.1) is 17.6 Å². The summed E-state index contributed by atoms with van der Waals surface area (Å²) in [5, 5.41) is 3.27. The van der Waals surface area contributed by atoms with Crippen LogP contribution in [-0.4, -0.2) is 23.0 Å². The molecule has 0 aliphatic carbocycles. The van der Waals surface area contributed by atoms with Crippen molar-refractivity contribution in [2.24, 2.45) is 5.41 Å². The summed E-state index contributed by atoms with van der Waals surface area (Å²) in [7, 11) is 0. The lowest BCUT2D eigenvalue weighted by Crippen LogP contribution is -2.26. The number of hydrogen-bond acceptors (Lipinski definition) is 3. The van der Waals surface area contributed by atoms with E-state index in [1.807, 2.05) is 0 Å². The molecule has 1 aromatic heterocycles. The molecule has 0 radical (unpaired) electrons. The van der Waals surface area contributed by atoms with Crippen LogP contribution >= 0.6 is 22.9 Å². The molecular weight excluding hydrogens is 240 g/mol. The van der Waals surface area contributed by atoms with E-state index in [-0.39, 0.29) is 0 Å². The Balaban J connectivity index is 2.05. The van der Waals surface area contributed by atoms with Gasteiger partial charge >= 0.3 is 0 Å². The van der Waals surface area contributed by atoms with Crippen molar-refractivity contribution >= 4 is 22.9 Å². The summed E-state index contributed by atoms with van der Waals surface area (Å²) in [5.41, 5.74) is 1.47. The zero-order chi connectivity index (χ0) is 11.8. The number of halogens is 1. The van der Waals surface area contributed by atoms with Gasteiger partial charge in [-0.15, -0.1) is 22.9 Å². The van der Waals surface area contributed by atoms with Gasteiger partial charge in [-0.2, -0.15) is 0 Å². The molecule has 1 atom stereocenters. The molecule has 0 aromatic carbocycles. The van der Waals surface area contributed by atoms with Crippen molar-refractivity contribution in [3.8, 4) is 0 Å². The van der Waals surface area contributed by atoms with Gasteiger partial charge in [0, 0.05) is 11.9 Å². The Kier molecular flexibility index (Phi) is 3.57. The van der Waals surface area contributed by atoms with Crippen molar-refractivity contribution in [3.05, 3.63) is 16.1 Å². The van der Waals surface area contributed by atoms with Gasteiger partial charge in [-0.05, 0) is 25.3 Å². The van der Waals surface area contributed by atoms with E-state index in [0.29, 0.717) is 17.3 Å². The quantitative estimate of drug-likeness (QED) is 0.769. The molecule has 0 amide bonds. The molecule has 1 fully saturated rings. The number of nitrogens with zero attached hydrogens (tertiary/aromatic N) is 2. The average molecular weight is 259 g/mol. The Morgan fingerprint density at radius 2 is 2.38 bits per heavy atom. The zero-order valence-electron chi connectivity index (χ0n) is 10.2.